The summed E-state index contributed by atoms with van der Waals surface area (Å²) < 4.78 is 5.28. The maximum atomic E-state index is 11.6. The number of carbonyl (C=O) groups is 1. The van der Waals surface area contributed by atoms with Gasteiger partial charge in [0.1, 0.15) is 0 Å². The van der Waals surface area contributed by atoms with E-state index in [1.54, 1.807) is 0 Å². The van der Waals surface area contributed by atoms with E-state index in [1.165, 1.54) is 4.90 Å². The van der Waals surface area contributed by atoms with E-state index >= 15 is 0 Å². The minimum absolute atomic E-state index is 0.161. The van der Waals surface area contributed by atoms with Crippen molar-refractivity contribution in [2.75, 3.05) is 6.61 Å². The maximum Gasteiger partial charge on any atom is 0.408 e. The summed E-state index contributed by atoms with van der Waals surface area (Å²) in [6.45, 7) is 6.50. The van der Waals surface area contributed by atoms with E-state index in [4.69, 9.17) is 4.74 Å². The van der Waals surface area contributed by atoms with Crippen LogP contribution in [0.5, 0.6) is 0 Å². The number of ether oxygens (including phenoxy) is 1. The number of nitrogens with zero attached hydrogens (tertiary/aromatic N) is 1. The zero-order valence-electron chi connectivity index (χ0n) is 11.7. The van der Waals surface area contributed by atoms with Crippen molar-refractivity contribution in [2.24, 2.45) is 0 Å². The molecule has 0 aromatic heterocycles. The van der Waals surface area contributed by atoms with Gasteiger partial charge < -0.3 is 9.84 Å². The Morgan fingerprint density at radius 2 is 2.00 bits per heavy atom. The summed E-state index contributed by atoms with van der Waals surface area (Å²) in [6.07, 6.45) is 0.0181. The van der Waals surface area contributed by atoms with E-state index in [0.29, 0.717) is 6.42 Å². The first-order valence-corrected chi connectivity index (χ1v) is 6.58. The lowest BCUT2D eigenvalue weighted by Gasteiger charge is -2.39. The molecule has 2 atom stereocenters. The van der Waals surface area contributed by atoms with Gasteiger partial charge >= 0.3 is 6.09 Å². The van der Waals surface area contributed by atoms with Crippen molar-refractivity contribution in [3.63, 3.8) is 0 Å². The molecule has 1 aromatic rings. The summed E-state index contributed by atoms with van der Waals surface area (Å²) in [5, 5.41) is 9.56. The zero-order valence-corrected chi connectivity index (χ0v) is 11.7. The van der Waals surface area contributed by atoms with Crippen molar-refractivity contribution in [1.82, 2.24) is 4.90 Å². The van der Waals surface area contributed by atoms with Crippen LogP contribution in [0.2, 0.25) is 0 Å². The van der Waals surface area contributed by atoms with Crippen LogP contribution >= 0.6 is 0 Å². The van der Waals surface area contributed by atoms with E-state index in [9.17, 15) is 9.90 Å². The quantitative estimate of drug-likeness (QED) is 0.848. The van der Waals surface area contributed by atoms with Crippen LogP contribution in [-0.2, 0) is 4.74 Å². The predicted octanol–water partition coefficient (Wildman–Crippen LogP) is 3.30. The van der Waals surface area contributed by atoms with Gasteiger partial charge in [-0.1, -0.05) is 30.3 Å². The number of carboxylic acid groups (broad SMARTS) is 1. The SMILES string of the molecule is CC(C)(C)N(C(=O)O)C(CC1CO1)c1ccccc1. The number of rotatable bonds is 4. The number of benzene rings is 1. The average molecular weight is 263 g/mol. The van der Waals surface area contributed by atoms with Crippen LogP contribution in [0.4, 0.5) is 4.79 Å². The highest BCUT2D eigenvalue weighted by Crippen LogP contribution is 2.35. The third-order valence-electron chi connectivity index (χ3n) is 3.31. The molecule has 1 heterocycles. The summed E-state index contributed by atoms with van der Waals surface area (Å²) >= 11 is 0. The molecule has 104 valence electrons. The van der Waals surface area contributed by atoms with Crippen molar-refractivity contribution in [3.05, 3.63) is 35.9 Å². The Hall–Kier alpha value is -1.55. The Kier molecular flexibility index (Phi) is 3.80. The van der Waals surface area contributed by atoms with Gasteiger partial charge in [-0.2, -0.15) is 0 Å². The Bertz CT molecular complexity index is 434. The van der Waals surface area contributed by atoms with Crippen molar-refractivity contribution in [1.29, 1.82) is 0 Å². The summed E-state index contributed by atoms with van der Waals surface area (Å²) in [7, 11) is 0. The monoisotopic (exact) mass is 263 g/mol. The highest BCUT2D eigenvalue weighted by molar-refractivity contribution is 5.67. The molecule has 19 heavy (non-hydrogen) atoms. The Labute approximate surface area is 114 Å². The molecule has 1 N–H and O–H groups in total. The lowest BCUT2D eigenvalue weighted by Crippen LogP contribution is -2.47. The fourth-order valence-electron chi connectivity index (χ4n) is 2.41. The summed E-state index contributed by atoms with van der Waals surface area (Å²) in [5.41, 5.74) is 0.580. The first-order chi connectivity index (χ1) is 8.89. The van der Waals surface area contributed by atoms with Gasteiger partial charge in [0.2, 0.25) is 0 Å². The molecule has 1 aromatic carbocycles. The van der Waals surface area contributed by atoms with Crippen molar-refractivity contribution in [2.45, 2.75) is 44.9 Å². The van der Waals surface area contributed by atoms with Crippen molar-refractivity contribution >= 4 is 6.09 Å². The normalized spacial score (nSPS) is 19.8. The molecule has 0 bridgehead atoms. The van der Waals surface area contributed by atoms with Crippen LogP contribution in [0.3, 0.4) is 0 Å². The summed E-state index contributed by atoms with van der Waals surface area (Å²) in [6, 6.07) is 9.63. The van der Waals surface area contributed by atoms with Gasteiger partial charge in [0, 0.05) is 12.0 Å². The number of hydrogen-bond donors (Lipinski definition) is 1. The van der Waals surface area contributed by atoms with E-state index in [0.717, 1.165) is 12.2 Å². The largest absolute Gasteiger partial charge is 0.465 e. The smallest absolute Gasteiger partial charge is 0.408 e. The fraction of sp³-hybridized carbons (Fsp3) is 0.533. The lowest BCUT2D eigenvalue weighted by molar-refractivity contribution is 0.0640. The molecular weight excluding hydrogens is 242 g/mol. The topological polar surface area (TPSA) is 53.1 Å². The van der Waals surface area contributed by atoms with Gasteiger partial charge in [0.15, 0.2) is 0 Å². The second kappa shape index (κ2) is 5.21. The summed E-state index contributed by atoms with van der Waals surface area (Å²) in [4.78, 5) is 13.2. The van der Waals surface area contributed by atoms with Crippen LogP contribution in [0, 0.1) is 0 Å². The Balaban J connectivity index is 2.32. The molecule has 1 aliphatic heterocycles. The van der Waals surface area contributed by atoms with E-state index in [1.807, 2.05) is 51.1 Å². The molecule has 1 amide bonds. The van der Waals surface area contributed by atoms with E-state index in [-0.39, 0.29) is 12.1 Å². The predicted molar refractivity (Wildman–Crippen MR) is 73.2 cm³/mol. The first kappa shape index (κ1) is 13.9. The minimum atomic E-state index is -0.887. The molecule has 0 saturated carbocycles. The molecule has 0 aliphatic carbocycles. The van der Waals surface area contributed by atoms with Gasteiger partial charge in [-0.15, -0.1) is 0 Å². The van der Waals surface area contributed by atoms with Crippen LogP contribution in [0.15, 0.2) is 30.3 Å². The molecular formula is C15H21NO3. The minimum Gasteiger partial charge on any atom is -0.465 e. The molecule has 0 spiro atoms. The molecule has 4 heteroatoms. The molecule has 2 rings (SSSR count). The Morgan fingerprint density at radius 1 is 1.42 bits per heavy atom. The fourth-order valence-corrected chi connectivity index (χ4v) is 2.41. The van der Waals surface area contributed by atoms with Crippen LogP contribution in [0.1, 0.15) is 38.8 Å². The number of amides is 1. The van der Waals surface area contributed by atoms with E-state index in [2.05, 4.69) is 0 Å². The molecule has 1 saturated heterocycles. The Morgan fingerprint density at radius 3 is 2.42 bits per heavy atom. The number of epoxide rings is 1. The molecule has 4 nitrogen and oxygen atoms in total. The van der Waals surface area contributed by atoms with Crippen molar-refractivity contribution < 1.29 is 14.6 Å². The second-order valence-corrected chi connectivity index (χ2v) is 5.94. The standard InChI is InChI=1S/C15H21NO3/c1-15(2,3)16(14(17)18)13(9-12-10-19-12)11-7-5-4-6-8-11/h4-8,12-13H,9-10H2,1-3H3,(H,17,18). The summed E-state index contributed by atoms with van der Waals surface area (Å²) in [5.74, 6) is 0. The van der Waals surface area contributed by atoms with Crippen LogP contribution < -0.4 is 0 Å². The van der Waals surface area contributed by atoms with Gasteiger partial charge in [0.25, 0.3) is 0 Å². The second-order valence-electron chi connectivity index (χ2n) is 5.94. The highest BCUT2D eigenvalue weighted by Gasteiger charge is 2.38. The van der Waals surface area contributed by atoms with Crippen LogP contribution in [-0.4, -0.2) is 34.3 Å². The first-order valence-electron chi connectivity index (χ1n) is 6.58. The van der Waals surface area contributed by atoms with Gasteiger partial charge in [-0.05, 0) is 26.3 Å². The average Bonchev–Trinajstić information content (AvgIpc) is 3.11. The van der Waals surface area contributed by atoms with Gasteiger partial charge in [-0.25, -0.2) is 4.79 Å². The number of hydrogen-bond acceptors (Lipinski definition) is 2. The molecule has 1 fully saturated rings. The third kappa shape index (κ3) is 3.47. The van der Waals surface area contributed by atoms with Crippen molar-refractivity contribution in [3.8, 4) is 0 Å². The van der Waals surface area contributed by atoms with Gasteiger partial charge in [-0.3, -0.25) is 4.90 Å². The van der Waals surface area contributed by atoms with E-state index < -0.39 is 11.6 Å². The molecule has 1 aliphatic rings. The molecule has 0 radical (unpaired) electrons. The van der Waals surface area contributed by atoms with Crippen LogP contribution in [0.25, 0.3) is 0 Å². The highest BCUT2D eigenvalue weighted by atomic mass is 16.6. The maximum absolute atomic E-state index is 11.6. The molecule has 2 unspecified atom stereocenters. The van der Waals surface area contributed by atoms with Gasteiger partial charge in [0.05, 0.1) is 18.8 Å². The lowest BCUT2D eigenvalue weighted by atomic mass is 9.95. The zero-order chi connectivity index (χ0) is 14.0. The third-order valence-corrected chi connectivity index (χ3v) is 3.31.